The lowest BCUT2D eigenvalue weighted by atomic mass is 10.2. The van der Waals surface area contributed by atoms with E-state index in [9.17, 15) is 10.1 Å². The largest absolute Gasteiger partial charge is 0.353 e. The zero-order chi connectivity index (χ0) is 8.55. The fourth-order valence-corrected chi connectivity index (χ4v) is 1.08. The molecule has 1 aromatic carbocycles. The van der Waals surface area contributed by atoms with Crippen LogP contribution in [0, 0.1) is 16.3 Å². The van der Waals surface area contributed by atoms with Gasteiger partial charge in [0, 0.05) is 17.5 Å². The predicted molar refractivity (Wildman–Crippen MR) is 43.8 cm³/mol. The minimum atomic E-state index is -0.416. The Balaban J connectivity index is 2.68. The van der Waals surface area contributed by atoms with Crippen LogP contribution in [0.4, 0.5) is 5.69 Å². The normalized spacial score (nSPS) is 10.3. The van der Waals surface area contributed by atoms with E-state index >= 15 is 0 Å². The fraction of sp³-hybridized carbons (Fsp3) is 0. The van der Waals surface area contributed by atoms with Crippen molar-refractivity contribution in [2.24, 2.45) is 0 Å². The summed E-state index contributed by atoms with van der Waals surface area (Å²) in [6.45, 7) is 0. The average Bonchev–Trinajstić information content (AvgIpc) is 2.49. The van der Waals surface area contributed by atoms with Gasteiger partial charge in [-0.1, -0.05) is 0 Å². The van der Waals surface area contributed by atoms with Crippen molar-refractivity contribution in [1.82, 2.24) is 4.98 Å². The molecule has 0 aliphatic carbocycles. The van der Waals surface area contributed by atoms with Crippen LogP contribution in [0.1, 0.15) is 0 Å². The number of aromatic amines is 1. The molecule has 0 saturated carbocycles. The van der Waals surface area contributed by atoms with Crippen LogP contribution in [0.3, 0.4) is 0 Å². The molecule has 0 atom stereocenters. The number of nitrogens with one attached hydrogen (secondary N) is 1. The van der Waals surface area contributed by atoms with Gasteiger partial charge in [0.2, 0.25) is 0 Å². The zero-order valence-electron chi connectivity index (χ0n) is 6.07. The van der Waals surface area contributed by atoms with E-state index in [4.69, 9.17) is 0 Å². The number of nitro groups is 1. The number of H-pyrrole nitrogens is 1. The number of hydrogen-bond donors (Lipinski definition) is 1. The standard InChI is InChI=1S/C8H5N2O2/c11-10(12)7-2-1-6-3-4-9-8(6)5-7/h1-3,5,9H. The van der Waals surface area contributed by atoms with Gasteiger partial charge in [0.1, 0.15) is 0 Å². The highest BCUT2D eigenvalue weighted by molar-refractivity contribution is 5.81. The van der Waals surface area contributed by atoms with Gasteiger partial charge in [-0.05, 0) is 12.1 Å². The maximum atomic E-state index is 10.3. The Morgan fingerprint density at radius 2 is 2.33 bits per heavy atom. The van der Waals surface area contributed by atoms with Gasteiger partial charge in [-0.2, -0.15) is 0 Å². The molecule has 0 amide bonds. The molecule has 0 saturated heterocycles. The number of nitro benzene ring substituents is 1. The Hall–Kier alpha value is -1.84. The van der Waals surface area contributed by atoms with Crippen LogP contribution in [-0.4, -0.2) is 9.91 Å². The second kappa shape index (κ2) is 2.34. The van der Waals surface area contributed by atoms with Gasteiger partial charge in [-0.3, -0.25) is 10.1 Å². The molecule has 0 fully saturated rings. The van der Waals surface area contributed by atoms with E-state index in [0.29, 0.717) is 0 Å². The Morgan fingerprint density at radius 3 is 3.08 bits per heavy atom. The molecule has 1 N–H and O–H groups in total. The number of non-ortho nitro benzene ring substituents is 1. The predicted octanol–water partition coefficient (Wildman–Crippen LogP) is 1.88. The van der Waals surface area contributed by atoms with Gasteiger partial charge in [0.05, 0.1) is 16.6 Å². The highest BCUT2D eigenvalue weighted by Gasteiger charge is 2.05. The van der Waals surface area contributed by atoms with Crippen molar-refractivity contribution < 1.29 is 4.92 Å². The van der Waals surface area contributed by atoms with Gasteiger partial charge in [0.25, 0.3) is 5.69 Å². The molecule has 4 nitrogen and oxygen atoms in total. The fourth-order valence-electron chi connectivity index (χ4n) is 1.08. The van der Waals surface area contributed by atoms with Crippen molar-refractivity contribution in [2.45, 2.75) is 0 Å². The molecule has 0 unspecified atom stereocenters. The molecule has 0 aliphatic heterocycles. The zero-order valence-corrected chi connectivity index (χ0v) is 6.07. The molecule has 0 bridgehead atoms. The monoisotopic (exact) mass is 161 g/mol. The highest BCUT2D eigenvalue weighted by atomic mass is 16.6. The van der Waals surface area contributed by atoms with Gasteiger partial charge in [0.15, 0.2) is 0 Å². The first-order chi connectivity index (χ1) is 5.77. The molecule has 2 rings (SSSR count). The van der Waals surface area contributed by atoms with E-state index in [-0.39, 0.29) is 5.69 Å². The Morgan fingerprint density at radius 1 is 1.50 bits per heavy atom. The quantitative estimate of drug-likeness (QED) is 0.512. The summed E-state index contributed by atoms with van der Waals surface area (Å²) in [5.41, 5.74) is 0.836. The molecule has 0 aliphatic rings. The van der Waals surface area contributed by atoms with Crippen LogP contribution in [0.15, 0.2) is 24.3 Å². The van der Waals surface area contributed by atoms with E-state index in [1.54, 1.807) is 12.1 Å². The second-order valence-corrected chi connectivity index (χ2v) is 2.44. The SMILES string of the molecule is O=[N+]([O-])c1ccc2c[c][nH]c2c1. The number of nitrogens with zero attached hydrogens (tertiary/aromatic N) is 1. The topological polar surface area (TPSA) is 58.9 Å². The van der Waals surface area contributed by atoms with E-state index in [1.165, 1.54) is 12.1 Å². The summed E-state index contributed by atoms with van der Waals surface area (Å²) >= 11 is 0. The lowest BCUT2D eigenvalue weighted by Gasteiger charge is -1.90. The number of rotatable bonds is 1. The summed E-state index contributed by atoms with van der Waals surface area (Å²) in [7, 11) is 0. The molecular weight excluding hydrogens is 156 g/mol. The van der Waals surface area contributed by atoms with Crippen molar-refractivity contribution in [3.63, 3.8) is 0 Å². The summed E-state index contributed by atoms with van der Waals surface area (Å²) in [6.07, 6.45) is 2.76. The van der Waals surface area contributed by atoms with Gasteiger partial charge >= 0.3 is 0 Å². The van der Waals surface area contributed by atoms with Gasteiger partial charge in [-0.15, -0.1) is 0 Å². The Bertz CT molecular complexity index is 433. The smallest absolute Gasteiger partial charge is 0.271 e. The average molecular weight is 161 g/mol. The molecule has 2 aromatic rings. The van der Waals surface area contributed by atoms with Gasteiger partial charge < -0.3 is 4.98 Å². The summed E-state index contributed by atoms with van der Waals surface area (Å²) < 4.78 is 0. The first kappa shape index (κ1) is 6.84. The third-order valence-corrected chi connectivity index (χ3v) is 1.68. The summed E-state index contributed by atoms with van der Waals surface area (Å²) in [6, 6.07) is 6.41. The maximum Gasteiger partial charge on any atom is 0.271 e. The van der Waals surface area contributed by atoms with Crippen LogP contribution < -0.4 is 0 Å². The number of fused-ring (bicyclic) bond motifs is 1. The maximum absolute atomic E-state index is 10.3. The van der Waals surface area contributed by atoms with Crippen LogP contribution in [0.5, 0.6) is 0 Å². The van der Waals surface area contributed by atoms with Crippen molar-refractivity contribution in [2.75, 3.05) is 0 Å². The lowest BCUT2D eigenvalue weighted by Crippen LogP contribution is -1.86. The molecule has 59 valence electrons. The first-order valence-electron chi connectivity index (χ1n) is 3.40. The third kappa shape index (κ3) is 0.934. The molecule has 0 spiro atoms. The summed E-state index contributed by atoms with van der Waals surface area (Å²) in [5.74, 6) is 0. The van der Waals surface area contributed by atoms with E-state index in [2.05, 4.69) is 11.2 Å². The lowest BCUT2D eigenvalue weighted by molar-refractivity contribution is -0.384. The third-order valence-electron chi connectivity index (χ3n) is 1.68. The molecular formula is C8H5N2O2. The van der Waals surface area contributed by atoms with Crippen LogP contribution >= 0.6 is 0 Å². The second-order valence-electron chi connectivity index (χ2n) is 2.44. The van der Waals surface area contributed by atoms with E-state index < -0.39 is 4.92 Å². The Kier molecular flexibility index (Phi) is 1.33. The van der Waals surface area contributed by atoms with Crippen molar-refractivity contribution in [3.8, 4) is 0 Å². The molecule has 1 radical (unpaired) electrons. The van der Waals surface area contributed by atoms with Crippen molar-refractivity contribution in [1.29, 1.82) is 0 Å². The highest BCUT2D eigenvalue weighted by Crippen LogP contribution is 2.18. The van der Waals surface area contributed by atoms with Crippen molar-refractivity contribution >= 4 is 16.6 Å². The van der Waals surface area contributed by atoms with Gasteiger partial charge in [-0.25, -0.2) is 0 Å². The minimum absolute atomic E-state index is 0.0957. The molecule has 12 heavy (non-hydrogen) atoms. The van der Waals surface area contributed by atoms with Crippen molar-refractivity contribution in [3.05, 3.63) is 40.6 Å². The molecule has 4 heteroatoms. The number of hydrogen-bond acceptors (Lipinski definition) is 2. The van der Waals surface area contributed by atoms with Crippen LogP contribution in [0.25, 0.3) is 10.9 Å². The first-order valence-corrected chi connectivity index (χ1v) is 3.40. The summed E-state index contributed by atoms with van der Waals surface area (Å²) in [5, 5.41) is 11.3. The minimum Gasteiger partial charge on any atom is -0.353 e. The van der Waals surface area contributed by atoms with E-state index in [1.807, 2.05) is 0 Å². The van der Waals surface area contributed by atoms with Crippen LogP contribution in [0.2, 0.25) is 0 Å². The number of aromatic nitrogens is 1. The van der Waals surface area contributed by atoms with E-state index in [0.717, 1.165) is 10.9 Å². The molecule has 1 aromatic heterocycles. The number of benzene rings is 1. The summed E-state index contributed by atoms with van der Waals surface area (Å²) in [4.78, 5) is 12.7. The Labute approximate surface area is 68.0 Å². The van der Waals surface area contributed by atoms with Crippen LogP contribution in [-0.2, 0) is 0 Å². The molecule has 1 heterocycles.